The van der Waals surface area contributed by atoms with Crippen LogP contribution < -0.4 is 16.8 Å². The van der Waals surface area contributed by atoms with Gasteiger partial charge < -0.3 is 21.5 Å². The molecule has 0 fully saturated rings. The molecule has 0 saturated heterocycles. The van der Waals surface area contributed by atoms with E-state index in [9.17, 15) is 9.59 Å². The molecule has 6 nitrogen and oxygen atoms in total. The molecule has 0 aromatic heterocycles. The van der Waals surface area contributed by atoms with E-state index in [4.69, 9.17) is 11.5 Å². The number of ether oxygens (including phenoxy) is 1. The zero-order chi connectivity index (χ0) is 14.3. The van der Waals surface area contributed by atoms with Crippen molar-refractivity contribution in [2.45, 2.75) is 12.5 Å². The van der Waals surface area contributed by atoms with Gasteiger partial charge in [-0.2, -0.15) is 0 Å². The molecule has 21 heavy (non-hydrogen) atoms. The van der Waals surface area contributed by atoms with E-state index in [0.717, 1.165) is 5.56 Å². The molecular weight excluding hydrogens is 317 g/mol. The molecule has 0 radical (unpaired) electrons. The Labute approximate surface area is 136 Å². The monoisotopic (exact) mass is 337 g/mol. The van der Waals surface area contributed by atoms with Crippen molar-refractivity contribution >= 4 is 36.7 Å². The first-order valence-electron chi connectivity index (χ1n) is 5.97. The lowest BCUT2D eigenvalue weighted by Gasteiger charge is -2.14. The number of carbonyl (C=O) groups excluding carboxylic acids is 2. The molecule has 0 aliphatic carbocycles. The Hall–Kier alpha value is -1.34. The maximum atomic E-state index is 11.8. The Bertz CT molecular complexity index is 454. The first-order chi connectivity index (χ1) is 9.10. The predicted octanol–water partition coefficient (Wildman–Crippen LogP) is 0.261. The van der Waals surface area contributed by atoms with E-state index in [1.165, 1.54) is 7.11 Å². The van der Waals surface area contributed by atoms with Crippen LogP contribution in [0.4, 0.5) is 0 Å². The highest BCUT2D eigenvalue weighted by Gasteiger charge is 2.11. The van der Waals surface area contributed by atoms with Gasteiger partial charge in [-0.25, -0.2) is 4.79 Å². The van der Waals surface area contributed by atoms with Gasteiger partial charge in [0.1, 0.15) is 0 Å². The molecule has 1 aromatic carbocycles. The highest BCUT2D eigenvalue weighted by molar-refractivity contribution is 5.90. The molecular formula is C13H21Cl2N3O3. The normalized spacial score (nSPS) is 9.33. The second-order valence-corrected chi connectivity index (χ2v) is 4.10. The minimum Gasteiger partial charge on any atom is -0.465 e. The molecule has 0 bridgehead atoms. The molecule has 0 atom stereocenters. The van der Waals surface area contributed by atoms with Crippen LogP contribution in [0, 0.1) is 0 Å². The van der Waals surface area contributed by atoms with Crippen LogP contribution >= 0.6 is 24.8 Å². The number of hydrogen-bond donors (Lipinski definition) is 3. The average Bonchev–Trinajstić information content (AvgIpc) is 2.44. The number of esters is 1. The molecule has 0 aliphatic rings. The van der Waals surface area contributed by atoms with Crippen molar-refractivity contribution in [2.75, 3.05) is 20.2 Å². The van der Waals surface area contributed by atoms with E-state index in [0.29, 0.717) is 18.7 Å². The van der Waals surface area contributed by atoms with Crippen LogP contribution in [0.5, 0.6) is 0 Å². The summed E-state index contributed by atoms with van der Waals surface area (Å²) in [7, 11) is 1.31. The zero-order valence-corrected chi connectivity index (χ0v) is 13.3. The fourth-order valence-electron chi connectivity index (χ4n) is 1.60. The van der Waals surface area contributed by atoms with Gasteiger partial charge >= 0.3 is 5.97 Å². The number of carbonyl (C=O) groups is 2. The molecule has 0 aliphatic heterocycles. The largest absolute Gasteiger partial charge is 0.465 e. The van der Waals surface area contributed by atoms with Gasteiger partial charge in [0.15, 0.2) is 0 Å². The predicted molar refractivity (Wildman–Crippen MR) is 86.0 cm³/mol. The smallest absolute Gasteiger partial charge is 0.337 e. The Kier molecular flexibility index (Phi) is 11.8. The summed E-state index contributed by atoms with van der Waals surface area (Å²) in [5, 5.41) is 2.72. The molecule has 0 spiro atoms. The zero-order valence-electron chi connectivity index (χ0n) is 11.7. The molecule has 1 aromatic rings. The third-order valence-corrected chi connectivity index (χ3v) is 2.65. The molecule has 0 unspecified atom stereocenters. The maximum absolute atomic E-state index is 11.8. The van der Waals surface area contributed by atoms with Crippen molar-refractivity contribution in [3.05, 3.63) is 35.4 Å². The summed E-state index contributed by atoms with van der Waals surface area (Å²) in [5.74, 6) is -0.605. The maximum Gasteiger partial charge on any atom is 0.337 e. The minimum atomic E-state index is -0.427. The number of halogens is 2. The van der Waals surface area contributed by atoms with Gasteiger partial charge in [0, 0.05) is 13.1 Å². The highest BCUT2D eigenvalue weighted by atomic mass is 35.5. The van der Waals surface area contributed by atoms with Crippen LogP contribution in [0.1, 0.15) is 15.9 Å². The number of nitrogens with two attached hydrogens (primary N) is 2. The van der Waals surface area contributed by atoms with Gasteiger partial charge in [0.05, 0.1) is 25.1 Å². The molecule has 8 heteroatoms. The molecule has 120 valence electrons. The summed E-state index contributed by atoms with van der Waals surface area (Å²) in [6.45, 7) is 0.592. The fraction of sp³-hybridized carbons (Fsp3) is 0.385. The SMILES string of the molecule is COC(=O)c1cccc(CC(=O)NC(CN)CN)c1.Cl.Cl. The van der Waals surface area contributed by atoms with Gasteiger partial charge in [-0.05, 0) is 17.7 Å². The molecule has 1 rings (SSSR count). The van der Waals surface area contributed by atoms with E-state index < -0.39 is 5.97 Å². The topological polar surface area (TPSA) is 107 Å². The summed E-state index contributed by atoms with van der Waals surface area (Å²) < 4.78 is 4.62. The van der Waals surface area contributed by atoms with Crippen LogP contribution in [0.2, 0.25) is 0 Å². The third kappa shape index (κ3) is 7.29. The summed E-state index contributed by atoms with van der Waals surface area (Å²) in [6, 6.07) is 6.52. The quantitative estimate of drug-likeness (QED) is 0.645. The Balaban J connectivity index is 0. The van der Waals surface area contributed by atoms with Crippen molar-refractivity contribution in [2.24, 2.45) is 11.5 Å². The lowest BCUT2D eigenvalue weighted by molar-refractivity contribution is -0.121. The van der Waals surface area contributed by atoms with Crippen molar-refractivity contribution in [1.29, 1.82) is 0 Å². The summed E-state index contributed by atoms with van der Waals surface area (Å²) in [6.07, 6.45) is 0.168. The van der Waals surface area contributed by atoms with Gasteiger partial charge in [0.2, 0.25) is 5.91 Å². The van der Waals surface area contributed by atoms with Crippen LogP contribution in [0.3, 0.4) is 0 Å². The van der Waals surface area contributed by atoms with Crippen LogP contribution in [0.25, 0.3) is 0 Å². The van der Waals surface area contributed by atoms with E-state index >= 15 is 0 Å². The van der Waals surface area contributed by atoms with Crippen molar-refractivity contribution < 1.29 is 14.3 Å². The van der Waals surface area contributed by atoms with Crippen LogP contribution in [-0.2, 0) is 16.0 Å². The number of nitrogens with one attached hydrogen (secondary N) is 1. The van der Waals surface area contributed by atoms with E-state index in [-0.39, 0.29) is 43.2 Å². The van der Waals surface area contributed by atoms with Crippen molar-refractivity contribution in [3.8, 4) is 0 Å². The van der Waals surface area contributed by atoms with Crippen molar-refractivity contribution in [1.82, 2.24) is 5.32 Å². The molecule has 1 amide bonds. The molecule has 0 saturated carbocycles. The lowest BCUT2D eigenvalue weighted by atomic mass is 10.1. The minimum absolute atomic E-state index is 0. The van der Waals surface area contributed by atoms with Gasteiger partial charge in [0.25, 0.3) is 0 Å². The number of benzene rings is 1. The van der Waals surface area contributed by atoms with Gasteiger partial charge in [-0.3, -0.25) is 4.79 Å². The summed E-state index contributed by atoms with van der Waals surface area (Å²) in [4.78, 5) is 23.1. The Morgan fingerprint density at radius 3 is 2.38 bits per heavy atom. The van der Waals surface area contributed by atoms with Gasteiger partial charge in [-0.1, -0.05) is 12.1 Å². The average molecular weight is 338 g/mol. The Morgan fingerprint density at radius 2 is 1.86 bits per heavy atom. The first-order valence-corrected chi connectivity index (χ1v) is 5.97. The second kappa shape index (κ2) is 11.3. The molecule has 5 N–H and O–H groups in total. The van der Waals surface area contributed by atoms with Gasteiger partial charge in [-0.15, -0.1) is 24.8 Å². The van der Waals surface area contributed by atoms with E-state index in [1.807, 2.05) is 0 Å². The second-order valence-electron chi connectivity index (χ2n) is 4.10. The number of methoxy groups -OCH3 is 1. The molecule has 0 heterocycles. The first kappa shape index (κ1) is 21.9. The van der Waals surface area contributed by atoms with Crippen LogP contribution in [0.15, 0.2) is 24.3 Å². The number of amides is 1. The Morgan fingerprint density at radius 1 is 1.24 bits per heavy atom. The number of hydrogen-bond acceptors (Lipinski definition) is 5. The summed E-state index contributed by atoms with van der Waals surface area (Å²) >= 11 is 0. The standard InChI is InChI=1S/C13H19N3O3.2ClH/c1-19-13(18)10-4-2-3-9(5-10)6-12(17)16-11(7-14)8-15;;/h2-5,11H,6-8,14-15H2,1H3,(H,16,17);2*1H. The summed E-state index contributed by atoms with van der Waals surface area (Å²) in [5.41, 5.74) is 12.1. The third-order valence-electron chi connectivity index (χ3n) is 2.65. The van der Waals surface area contributed by atoms with E-state index in [1.54, 1.807) is 24.3 Å². The van der Waals surface area contributed by atoms with E-state index in [2.05, 4.69) is 10.1 Å². The fourth-order valence-corrected chi connectivity index (χ4v) is 1.60. The van der Waals surface area contributed by atoms with Crippen LogP contribution in [-0.4, -0.2) is 38.1 Å². The highest BCUT2D eigenvalue weighted by Crippen LogP contribution is 2.07. The number of rotatable bonds is 6. The van der Waals surface area contributed by atoms with Crippen molar-refractivity contribution in [3.63, 3.8) is 0 Å². The lowest BCUT2D eigenvalue weighted by Crippen LogP contribution is -2.45.